The van der Waals surface area contributed by atoms with E-state index in [0.717, 1.165) is 0 Å². The number of sulfonamides is 1. The highest BCUT2D eigenvalue weighted by Crippen LogP contribution is 2.03. The van der Waals surface area contributed by atoms with Crippen LogP contribution in [0.15, 0.2) is 0 Å². The number of nitriles is 1. The minimum atomic E-state index is -3.74. The molecule has 0 aliphatic heterocycles. The first-order valence-electron chi connectivity index (χ1n) is 3.49. The van der Waals surface area contributed by atoms with Gasteiger partial charge in [0, 0.05) is 0 Å². The maximum Gasteiger partial charge on any atom is 0.225 e. The summed E-state index contributed by atoms with van der Waals surface area (Å²) in [4.78, 5) is 0. The second-order valence-corrected chi connectivity index (χ2v) is 4.62. The Morgan fingerprint density at radius 2 is 1.92 bits per heavy atom. The molecule has 0 atom stereocenters. The molecule has 0 heterocycles. The lowest BCUT2D eigenvalue weighted by atomic mass is 10.1. The van der Waals surface area contributed by atoms with Gasteiger partial charge in [-0.1, -0.05) is 0 Å². The Hall–Kier alpha value is -0.680. The Kier molecular flexibility index (Phi) is 4.29. The molecule has 7 heteroatoms. The second-order valence-electron chi connectivity index (χ2n) is 2.90. The molecule has 0 radical (unpaired) electrons. The molecule has 0 aromatic heterocycles. The van der Waals surface area contributed by atoms with Crippen molar-refractivity contribution < 1.29 is 18.6 Å². The summed E-state index contributed by atoms with van der Waals surface area (Å²) in [5.41, 5.74) is -1.31. The highest BCUT2D eigenvalue weighted by atomic mass is 32.2. The number of aliphatic hydroxyl groups is 2. The molecule has 0 aliphatic rings. The van der Waals surface area contributed by atoms with Gasteiger partial charge in [0.15, 0.2) is 5.75 Å². The maximum atomic E-state index is 11.0. The Labute approximate surface area is 76.9 Å². The van der Waals surface area contributed by atoms with Crippen LogP contribution < -0.4 is 4.72 Å². The summed E-state index contributed by atoms with van der Waals surface area (Å²) in [6.07, 6.45) is 0. The molecule has 0 fully saturated rings. The Balaban J connectivity index is 4.52. The molecule has 0 saturated carbocycles. The third-order valence-electron chi connectivity index (χ3n) is 1.35. The third kappa shape index (κ3) is 4.19. The van der Waals surface area contributed by atoms with Crippen molar-refractivity contribution in [2.75, 3.05) is 19.0 Å². The molecule has 0 rings (SSSR count). The van der Waals surface area contributed by atoms with Crippen molar-refractivity contribution in [2.45, 2.75) is 12.5 Å². The maximum absolute atomic E-state index is 11.0. The largest absolute Gasteiger partial charge is 0.394 e. The van der Waals surface area contributed by atoms with E-state index in [1.165, 1.54) is 13.0 Å². The number of hydrogen-bond donors (Lipinski definition) is 3. The van der Waals surface area contributed by atoms with Crippen molar-refractivity contribution >= 4 is 10.0 Å². The predicted octanol–water partition coefficient (Wildman–Crippen LogP) is -1.83. The zero-order valence-corrected chi connectivity index (χ0v) is 8.00. The highest BCUT2D eigenvalue weighted by molar-refractivity contribution is 7.89. The monoisotopic (exact) mass is 208 g/mol. The van der Waals surface area contributed by atoms with Gasteiger partial charge >= 0.3 is 0 Å². The summed E-state index contributed by atoms with van der Waals surface area (Å²) in [5.74, 6) is -0.692. The van der Waals surface area contributed by atoms with Crippen LogP contribution in [0.5, 0.6) is 0 Å². The van der Waals surface area contributed by atoms with Crippen LogP contribution in [-0.4, -0.2) is 43.1 Å². The lowest BCUT2D eigenvalue weighted by Crippen LogP contribution is -2.52. The Morgan fingerprint density at radius 3 is 2.23 bits per heavy atom. The van der Waals surface area contributed by atoms with E-state index in [-0.39, 0.29) is 0 Å². The molecule has 6 nitrogen and oxygen atoms in total. The van der Waals surface area contributed by atoms with E-state index in [1.54, 1.807) is 0 Å². The van der Waals surface area contributed by atoms with E-state index in [0.29, 0.717) is 0 Å². The van der Waals surface area contributed by atoms with Crippen molar-refractivity contribution in [2.24, 2.45) is 0 Å². The molecular formula is C6H12N2O4S. The lowest BCUT2D eigenvalue weighted by molar-refractivity contribution is 0.122. The van der Waals surface area contributed by atoms with Crippen LogP contribution in [0.3, 0.4) is 0 Å². The minimum Gasteiger partial charge on any atom is -0.394 e. The fourth-order valence-electron chi connectivity index (χ4n) is 0.611. The van der Waals surface area contributed by atoms with E-state index in [4.69, 9.17) is 15.5 Å². The molecule has 76 valence electrons. The van der Waals surface area contributed by atoms with Crippen LogP contribution in [0.25, 0.3) is 0 Å². The molecule has 0 amide bonds. The molecule has 0 saturated heterocycles. The zero-order valence-electron chi connectivity index (χ0n) is 7.19. The van der Waals surface area contributed by atoms with E-state index in [2.05, 4.69) is 0 Å². The molecule has 13 heavy (non-hydrogen) atoms. The molecule has 0 spiro atoms. The van der Waals surface area contributed by atoms with Crippen LogP contribution in [0.1, 0.15) is 6.92 Å². The van der Waals surface area contributed by atoms with Gasteiger partial charge in [0.2, 0.25) is 10.0 Å². The van der Waals surface area contributed by atoms with Crippen LogP contribution in [0, 0.1) is 11.3 Å². The standard InChI is InChI=1S/C6H12N2O4S/c1-6(4-9,5-10)8-13(11,12)3-2-7/h8-10H,3-5H2,1H3. The fourth-order valence-corrected chi connectivity index (χ4v) is 1.73. The number of nitrogens with zero attached hydrogens (tertiary/aromatic N) is 1. The molecule has 0 unspecified atom stereocenters. The number of hydrogen-bond acceptors (Lipinski definition) is 5. The van der Waals surface area contributed by atoms with Gasteiger partial charge in [0.05, 0.1) is 24.8 Å². The van der Waals surface area contributed by atoms with Gasteiger partial charge in [0.1, 0.15) is 0 Å². The first-order valence-corrected chi connectivity index (χ1v) is 5.15. The van der Waals surface area contributed by atoms with Gasteiger partial charge in [-0.25, -0.2) is 13.1 Å². The lowest BCUT2D eigenvalue weighted by Gasteiger charge is -2.24. The Morgan fingerprint density at radius 1 is 1.46 bits per heavy atom. The number of rotatable bonds is 5. The zero-order chi connectivity index (χ0) is 10.5. The topological polar surface area (TPSA) is 110 Å². The minimum absolute atomic E-state index is 0.534. The first-order chi connectivity index (χ1) is 5.89. The highest BCUT2D eigenvalue weighted by Gasteiger charge is 2.27. The summed E-state index contributed by atoms with van der Waals surface area (Å²) in [7, 11) is -3.74. The summed E-state index contributed by atoms with van der Waals surface area (Å²) >= 11 is 0. The van der Waals surface area contributed by atoms with E-state index >= 15 is 0 Å². The molecule has 0 bridgehead atoms. The molecule has 0 aromatic rings. The second kappa shape index (κ2) is 4.53. The number of nitrogens with one attached hydrogen (secondary N) is 1. The van der Waals surface area contributed by atoms with Crippen LogP contribution >= 0.6 is 0 Å². The average Bonchev–Trinajstić information content (AvgIpc) is 2.03. The normalized spacial score (nSPS) is 12.5. The van der Waals surface area contributed by atoms with Crippen molar-refractivity contribution in [1.29, 1.82) is 5.26 Å². The van der Waals surface area contributed by atoms with E-state index in [1.807, 2.05) is 4.72 Å². The van der Waals surface area contributed by atoms with Crippen molar-refractivity contribution in [3.8, 4) is 6.07 Å². The van der Waals surface area contributed by atoms with Gasteiger partial charge < -0.3 is 10.2 Å². The summed E-state index contributed by atoms with van der Waals surface area (Å²) in [6, 6.07) is 1.47. The SMILES string of the molecule is CC(CO)(CO)NS(=O)(=O)CC#N. The molecular weight excluding hydrogens is 196 g/mol. The smallest absolute Gasteiger partial charge is 0.225 e. The summed E-state index contributed by atoms with van der Waals surface area (Å²) < 4.78 is 24.0. The average molecular weight is 208 g/mol. The van der Waals surface area contributed by atoms with Crippen LogP contribution in [-0.2, 0) is 10.0 Å². The first kappa shape index (κ1) is 12.3. The van der Waals surface area contributed by atoms with Gasteiger partial charge in [-0.15, -0.1) is 0 Å². The van der Waals surface area contributed by atoms with Gasteiger partial charge in [-0.05, 0) is 6.92 Å². The summed E-state index contributed by atoms with van der Waals surface area (Å²) in [5, 5.41) is 25.6. The van der Waals surface area contributed by atoms with E-state index in [9.17, 15) is 8.42 Å². The Bertz CT molecular complexity index is 288. The molecule has 3 N–H and O–H groups in total. The van der Waals surface area contributed by atoms with Crippen molar-refractivity contribution in [3.63, 3.8) is 0 Å². The molecule has 0 aliphatic carbocycles. The number of aliphatic hydroxyl groups excluding tert-OH is 2. The van der Waals surface area contributed by atoms with Crippen molar-refractivity contribution in [3.05, 3.63) is 0 Å². The quantitative estimate of drug-likeness (QED) is 0.492. The van der Waals surface area contributed by atoms with Crippen LogP contribution in [0.2, 0.25) is 0 Å². The fraction of sp³-hybridized carbons (Fsp3) is 0.833. The van der Waals surface area contributed by atoms with Gasteiger partial charge in [-0.3, -0.25) is 0 Å². The van der Waals surface area contributed by atoms with E-state index < -0.39 is 34.5 Å². The molecule has 0 aromatic carbocycles. The predicted molar refractivity (Wildman–Crippen MR) is 45.1 cm³/mol. The van der Waals surface area contributed by atoms with Gasteiger partial charge in [0.25, 0.3) is 0 Å². The summed E-state index contributed by atoms with van der Waals surface area (Å²) in [6.45, 7) is 0.268. The van der Waals surface area contributed by atoms with Gasteiger partial charge in [-0.2, -0.15) is 5.26 Å². The van der Waals surface area contributed by atoms with Crippen LogP contribution in [0.4, 0.5) is 0 Å². The van der Waals surface area contributed by atoms with Crippen molar-refractivity contribution in [1.82, 2.24) is 4.72 Å². The third-order valence-corrected chi connectivity index (χ3v) is 2.67.